The average molecular weight is 478 g/mol. The minimum atomic E-state index is -1.30. The first-order chi connectivity index (χ1) is 17.0. The zero-order valence-corrected chi connectivity index (χ0v) is 19.6. The van der Waals surface area contributed by atoms with Gasteiger partial charge in [-0.3, -0.25) is 4.79 Å². The van der Waals surface area contributed by atoms with Gasteiger partial charge in [-0.1, -0.05) is 91.0 Å². The Morgan fingerprint density at radius 2 is 1.43 bits per heavy atom. The van der Waals surface area contributed by atoms with Gasteiger partial charge in [0, 0.05) is 6.92 Å². The van der Waals surface area contributed by atoms with Crippen LogP contribution in [0.2, 0.25) is 0 Å². The number of rotatable bonds is 9. The molecule has 1 saturated heterocycles. The molecular formula is C28H31NO6. The van der Waals surface area contributed by atoms with E-state index in [0.717, 1.165) is 16.7 Å². The first-order valence-electron chi connectivity index (χ1n) is 11.7. The second-order valence-corrected chi connectivity index (χ2v) is 8.58. The SMILES string of the molecule is CC(=O)N[C@H]1[C@H](OCc2ccccc2)O[C@H](COC(c2ccccc2)c2ccccc2)[C@@H](O)[C@@H]1O. The summed E-state index contributed by atoms with van der Waals surface area (Å²) < 4.78 is 18.3. The monoisotopic (exact) mass is 477 g/mol. The number of ether oxygens (including phenoxy) is 3. The lowest BCUT2D eigenvalue weighted by Crippen LogP contribution is -2.64. The Kier molecular flexibility index (Phi) is 8.63. The summed E-state index contributed by atoms with van der Waals surface area (Å²) in [5.41, 5.74) is 2.83. The molecule has 7 heteroatoms. The van der Waals surface area contributed by atoms with Crippen molar-refractivity contribution in [1.29, 1.82) is 0 Å². The topological polar surface area (TPSA) is 97.3 Å². The second-order valence-electron chi connectivity index (χ2n) is 8.58. The molecule has 1 heterocycles. The number of aliphatic hydroxyl groups excluding tert-OH is 2. The van der Waals surface area contributed by atoms with Gasteiger partial charge < -0.3 is 29.7 Å². The first-order valence-corrected chi connectivity index (χ1v) is 11.7. The first kappa shape index (κ1) is 25.0. The van der Waals surface area contributed by atoms with Gasteiger partial charge in [0.05, 0.1) is 13.2 Å². The van der Waals surface area contributed by atoms with Gasteiger partial charge in [0.15, 0.2) is 6.29 Å². The third-order valence-electron chi connectivity index (χ3n) is 5.96. The molecule has 3 aromatic rings. The van der Waals surface area contributed by atoms with Crippen molar-refractivity contribution in [1.82, 2.24) is 5.32 Å². The summed E-state index contributed by atoms with van der Waals surface area (Å²) in [4.78, 5) is 11.8. The van der Waals surface area contributed by atoms with Gasteiger partial charge in [-0.15, -0.1) is 0 Å². The van der Waals surface area contributed by atoms with Crippen molar-refractivity contribution < 1.29 is 29.2 Å². The third-order valence-corrected chi connectivity index (χ3v) is 5.96. The molecule has 5 atom stereocenters. The zero-order valence-electron chi connectivity index (χ0n) is 19.6. The van der Waals surface area contributed by atoms with Crippen molar-refractivity contribution >= 4 is 5.91 Å². The maximum absolute atomic E-state index is 11.8. The van der Waals surface area contributed by atoms with Crippen LogP contribution in [0, 0.1) is 0 Å². The fraction of sp³-hybridized carbons (Fsp3) is 0.321. The number of hydrogen-bond acceptors (Lipinski definition) is 6. The molecule has 184 valence electrons. The summed E-state index contributed by atoms with van der Waals surface area (Å²) in [6.45, 7) is 1.56. The quantitative estimate of drug-likeness (QED) is 0.439. The highest BCUT2D eigenvalue weighted by Crippen LogP contribution is 2.29. The van der Waals surface area contributed by atoms with Gasteiger partial charge in [-0.25, -0.2) is 0 Å². The Labute approximate surface area is 205 Å². The van der Waals surface area contributed by atoms with Gasteiger partial charge in [-0.05, 0) is 16.7 Å². The van der Waals surface area contributed by atoms with E-state index in [1.54, 1.807) is 0 Å². The Morgan fingerprint density at radius 3 is 1.97 bits per heavy atom. The molecular weight excluding hydrogens is 446 g/mol. The van der Waals surface area contributed by atoms with Crippen LogP contribution in [0.25, 0.3) is 0 Å². The van der Waals surface area contributed by atoms with Crippen LogP contribution >= 0.6 is 0 Å². The molecule has 0 bridgehead atoms. The van der Waals surface area contributed by atoms with Crippen LogP contribution in [0.15, 0.2) is 91.0 Å². The van der Waals surface area contributed by atoms with E-state index in [1.165, 1.54) is 6.92 Å². The molecule has 1 aliphatic rings. The maximum Gasteiger partial charge on any atom is 0.217 e. The van der Waals surface area contributed by atoms with Crippen LogP contribution in [0.5, 0.6) is 0 Å². The number of hydrogen-bond donors (Lipinski definition) is 3. The number of amides is 1. The summed E-state index contributed by atoms with van der Waals surface area (Å²) >= 11 is 0. The van der Waals surface area contributed by atoms with E-state index >= 15 is 0 Å². The number of aliphatic hydroxyl groups is 2. The van der Waals surface area contributed by atoms with E-state index in [9.17, 15) is 15.0 Å². The largest absolute Gasteiger partial charge is 0.388 e. The van der Waals surface area contributed by atoms with Crippen molar-refractivity contribution in [2.75, 3.05) is 6.61 Å². The highest BCUT2D eigenvalue weighted by Gasteiger charge is 2.46. The van der Waals surface area contributed by atoms with E-state index in [0.29, 0.717) is 0 Å². The Hall–Kier alpha value is -3.07. The smallest absolute Gasteiger partial charge is 0.217 e. The summed E-state index contributed by atoms with van der Waals surface area (Å²) in [5.74, 6) is -0.360. The standard InChI is InChI=1S/C28H31NO6/c1-19(30)29-24-26(32)25(31)23(35-28(24)34-17-20-11-5-2-6-12-20)18-33-27(21-13-7-3-8-14-21)22-15-9-4-10-16-22/h2-16,23-28,31-32H,17-18H2,1H3,(H,29,30)/t23-,24-,25-,26-,28-/m1/s1. The van der Waals surface area contributed by atoms with Crippen molar-refractivity contribution in [2.45, 2.75) is 50.3 Å². The molecule has 7 nitrogen and oxygen atoms in total. The lowest BCUT2D eigenvalue weighted by atomic mass is 9.96. The predicted molar refractivity (Wildman–Crippen MR) is 130 cm³/mol. The van der Waals surface area contributed by atoms with E-state index in [1.807, 2.05) is 91.0 Å². The minimum absolute atomic E-state index is 0.00463. The van der Waals surface area contributed by atoms with Crippen LogP contribution < -0.4 is 5.32 Å². The average Bonchev–Trinajstić information content (AvgIpc) is 2.89. The summed E-state index contributed by atoms with van der Waals surface area (Å²) in [6.07, 6.45) is -4.81. The molecule has 0 aromatic heterocycles. The van der Waals surface area contributed by atoms with Crippen LogP contribution in [0.3, 0.4) is 0 Å². The summed E-state index contributed by atoms with van der Waals surface area (Å²) in [5, 5.41) is 24.3. The van der Waals surface area contributed by atoms with Crippen LogP contribution in [-0.2, 0) is 25.6 Å². The number of nitrogens with one attached hydrogen (secondary N) is 1. The molecule has 0 saturated carbocycles. The molecule has 0 radical (unpaired) electrons. The van der Waals surface area contributed by atoms with Crippen molar-refractivity contribution in [3.8, 4) is 0 Å². The van der Waals surface area contributed by atoms with Crippen LogP contribution in [-0.4, -0.2) is 53.4 Å². The van der Waals surface area contributed by atoms with E-state index in [-0.39, 0.29) is 25.2 Å². The van der Waals surface area contributed by atoms with Gasteiger partial charge in [0.1, 0.15) is 30.5 Å². The second kappa shape index (κ2) is 12.1. The molecule has 35 heavy (non-hydrogen) atoms. The number of benzene rings is 3. The molecule has 3 aromatic carbocycles. The minimum Gasteiger partial charge on any atom is -0.388 e. The molecule has 0 unspecified atom stereocenters. The van der Waals surface area contributed by atoms with Gasteiger partial charge in [0.25, 0.3) is 0 Å². The molecule has 0 spiro atoms. The lowest BCUT2D eigenvalue weighted by Gasteiger charge is -2.42. The maximum atomic E-state index is 11.8. The van der Waals surface area contributed by atoms with E-state index < -0.39 is 30.6 Å². The zero-order chi connectivity index (χ0) is 24.6. The summed E-state index contributed by atoms with van der Waals surface area (Å²) in [7, 11) is 0. The number of carbonyl (C=O) groups is 1. The summed E-state index contributed by atoms with van der Waals surface area (Å²) in [6, 6.07) is 28.1. The van der Waals surface area contributed by atoms with Crippen molar-refractivity contribution in [3.05, 3.63) is 108 Å². The third kappa shape index (κ3) is 6.54. The van der Waals surface area contributed by atoms with Gasteiger partial charge in [-0.2, -0.15) is 0 Å². The fourth-order valence-electron chi connectivity index (χ4n) is 4.18. The van der Waals surface area contributed by atoms with Gasteiger partial charge in [0.2, 0.25) is 5.91 Å². The molecule has 4 rings (SSSR count). The molecule has 1 aliphatic heterocycles. The Bertz CT molecular complexity index is 1010. The Balaban J connectivity index is 1.50. The molecule has 1 amide bonds. The molecule has 1 fully saturated rings. The fourth-order valence-corrected chi connectivity index (χ4v) is 4.18. The Morgan fingerprint density at radius 1 is 0.886 bits per heavy atom. The van der Waals surface area contributed by atoms with Crippen LogP contribution in [0.1, 0.15) is 29.7 Å². The van der Waals surface area contributed by atoms with Crippen molar-refractivity contribution in [3.63, 3.8) is 0 Å². The predicted octanol–water partition coefficient (Wildman–Crippen LogP) is 2.96. The normalized spacial score (nSPS) is 24.3. The van der Waals surface area contributed by atoms with E-state index in [4.69, 9.17) is 14.2 Å². The van der Waals surface area contributed by atoms with Crippen molar-refractivity contribution in [2.24, 2.45) is 0 Å². The van der Waals surface area contributed by atoms with Crippen LogP contribution in [0.4, 0.5) is 0 Å². The van der Waals surface area contributed by atoms with Gasteiger partial charge >= 0.3 is 0 Å². The molecule has 0 aliphatic carbocycles. The lowest BCUT2D eigenvalue weighted by molar-refractivity contribution is -0.277. The molecule has 3 N–H and O–H groups in total. The number of carbonyl (C=O) groups excluding carboxylic acids is 1. The van der Waals surface area contributed by atoms with E-state index in [2.05, 4.69) is 5.32 Å². The highest BCUT2D eigenvalue weighted by molar-refractivity contribution is 5.73. The highest BCUT2D eigenvalue weighted by atomic mass is 16.7.